The molecule has 0 atom stereocenters. The zero-order valence-corrected chi connectivity index (χ0v) is 30.7. The predicted molar refractivity (Wildman–Crippen MR) is 239 cm³/mol. The average Bonchev–Trinajstić information content (AvgIpc) is 3.87. The van der Waals surface area contributed by atoms with Crippen molar-refractivity contribution in [2.75, 3.05) is 4.90 Å². The minimum absolute atomic E-state index is 0.173. The van der Waals surface area contributed by atoms with Gasteiger partial charge in [0.25, 0.3) is 0 Å². The first-order valence-electron chi connectivity index (χ1n) is 21.5. The molecule has 0 radical (unpaired) electrons. The number of anilines is 3. The Morgan fingerprint density at radius 3 is 1.47 bits per heavy atom. The number of hydrogen-bond acceptors (Lipinski definition) is 2. The van der Waals surface area contributed by atoms with Crippen LogP contribution in [-0.4, -0.2) is 4.57 Å². The van der Waals surface area contributed by atoms with E-state index in [1.807, 2.05) is 42.5 Å². The van der Waals surface area contributed by atoms with Crippen LogP contribution in [0.25, 0.3) is 82.8 Å². The van der Waals surface area contributed by atoms with Crippen LogP contribution in [0.5, 0.6) is 0 Å². The van der Waals surface area contributed by atoms with Gasteiger partial charge in [-0.05, 0) is 112 Å². The van der Waals surface area contributed by atoms with Gasteiger partial charge in [0.2, 0.25) is 0 Å². The van der Waals surface area contributed by atoms with Gasteiger partial charge in [-0.1, -0.05) is 139 Å². The average molecular weight is 734 g/mol. The zero-order chi connectivity index (χ0) is 42.1. The lowest BCUT2D eigenvalue weighted by Crippen LogP contribution is -2.09. The molecule has 0 fully saturated rings. The number of aromatic nitrogens is 1. The molecule has 0 saturated heterocycles. The maximum Gasteiger partial charge on any atom is 0.136 e. The van der Waals surface area contributed by atoms with Crippen molar-refractivity contribution >= 4 is 60.8 Å². The lowest BCUT2D eigenvalue weighted by molar-refractivity contribution is 0.669. The summed E-state index contributed by atoms with van der Waals surface area (Å²) < 4.78 is 50.2. The summed E-state index contributed by atoms with van der Waals surface area (Å²) in [6.45, 7) is 0. The number of benzene rings is 9. The first-order chi connectivity index (χ1) is 30.3. The van der Waals surface area contributed by atoms with Crippen LogP contribution in [0.1, 0.15) is 6.85 Å². The summed E-state index contributed by atoms with van der Waals surface area (Å²) in [6, 6.07) is 63.0. The Hall–Kier alpha value is -7.62. The minimum Gasteiger partial charge on any atom is -0.456 e. The van der Waals surface area contributed by atoms with Crippen molar-refractivity contribution in [2.45, 2.75) is 0 Å². The number of fused-ring (bicyclic) bond motifs is 6. The topological polar surface area (TPSA) is 21.3 Å². The third-order valence-electron chi connectivity index (χ3n) is 10.9. The van der Waals surface area contributed by atoms with Crippen molar-refractivity contribution < 1.29 is 11.3 Å². The van der Waals surface area contributed by atoms with E-state index >= 15 is 0 Å². The molecule has 0 spiro atoms. The van der Waals surface area contributed by atoms with Crippen molar-refractivity contribution in [3.05, 3.63) is 218 Å². The zero-order valence-electron chi connectivity index (χ0n) is 35.7. The van der Waals surface area contributed by atoms with E-state index in [1.54, 1.807) is 0 Å². The smallest absolute Gasteiger partial charge is 0.136 e. The monoisotopic (exact) mass is 733 g/mol. The van der Waals surface area contributed by atoms with E-state index in [2.05, 4.69) is 155 Å². The molecule has 0 saturated carbocycles. The van der Waals surface area contributed by atoms with E-state index in [4.69, 9.17) is 11.3 Å². The van der Waals surface area contributed by atoms with E-state index in [1.165, 1.54) is 10.8 Å². The van der Waals surface area contributed by atoms with E-state index in [-0.39, 0.29) is 29.7 Å². The van der Waals surface area contributed by atoms with Crippen LogP contribution in [-0.2, 0) is 0 Å². The highest BCUT2D eigenvalue weighted by Gasteiger charge is 2.16. The second-order valence-corrected chi connectivity index (χ2v) is 14.2. The van der Waals surface area contributed by atoms with Gasteiger partial charge in [0.05, 0.1) is 17.9 Å². The van der Waals surface area contributed by atoms with Gasteiger partial charge in [-0.2, -0.15) is 0 Å². The van der Waals surface area contributed by atoms with Gasteiger partial charge in [-0.3, -0.25) is 0 Å². The van der Waals surface area contributed by atoms with Crippen LogP contribution in [0.4, 0.5) is 17.1 Å². The molecule has 9 aromatic carbocycles. The van der Waals surface area contributed by atoms with E-state index in [0.717, 1.165) is 78.0 Å². The summed E-state index contributed by atoms with van der Waals surface area (Å²) in [5.74, 6) is 0. The van der Waals surface area contributed by atoms with Crippen LogP contribution < -0.4 is 4.90 Å². The van der Waals surface area contributed by atoms with Crippen LogP contribution in [0, 0.1) is 0 Å². The van der Waals surface area contributed by atoms with Gasteiger partial charge in [-0.25, -0.2) is 0 Å². The molecule has 0 aliphatic rings. The van der Waals surface area contributed by atoms with Gasteiger partial charge in [0.15, 0.2) is 0 Å². The summed E-state index contributed by atoms with van der Waals surface area (Å²) in [6.07, 6.45) is 0. The lowest BCUT2D eigenvalue weighted by Gasteiger charge is -2.26. The third kappa shape index (κ3) is 5.76. The predicted octanol–water partition coefficient (Wildman–Crippen LogP) is 15.2. The van der Waals surface area contributed by atoms with Crippen LogP contribution >= 0.6 is 0 Å². The summed E-state index contributed by atoms with van der Waals surface area (Å²) >= 11 is 0. The fourth-order valence-corrected chi connectivity index (χ4v) is 8.16. The maximum atomic E-state index is 8.57. The van der Waals surface area contributed by atoms with Crippen LogP contribution in [0.2, 0.25) is 0 Å². The molecule has 2 aromatic heterocycles. The molecular formula is C54H36N2O. The Morgan fingerprint density at radius 1 is 0.368 bits per heavy atom. The lowest BCUT2D eigenvalue weighted by atomic mass is 10.0. The van der Waals surface area contributed by atoms with Crippen LogP contribution in [0.15, 0.2) is 223 Å². The standard InChI is InChI=1S/C54H36N2O/c1-2-11-37(12-3-1)38-21-28-43(29-22-38)55(45-32-25-40(26-33-45)42-27-34-50-49-17-6-9-20-53(49)57-54(50)36-42)44-30-23-39(24-31-44)41-13-10-14-46(35-41)56-51-18-7-4-15-47(51)48-16-5-8-19-52(48)56/h1-36H/i1D,2D,3D,11D,12D. The molecule has 11 rings (SSSR count). The Bertz CT molecular complexity index is 3440. The van der Waals surface area contributed by atoms with Gasteiger partial charge in [-0.15, -0.1) is 0 Å². The molecule has 0 N–H and O–H groups in total. The molecule has 268 valence electrons. The second-order valence-electron chi connectivity index (χ2n) is 14.2. The molecule has 0 unspecified atom stereocenters. The van der Waals surface area contributed by atoms with E-state index < -0.39 is 6.04 Å². The molecule has 0 bridgehead atoms. The number of para-hydroxylation sites is 3. The summed E-state index contributed by atoms with van der Waals surface area (Å²) in [5.41, 5.74) is 12.8. The van der Waals surface area contributed by atoms with E-state index in [9.17, 15) is 0 Å². The highest BCUT2D eigenvalue weighted by Crippen LogP contribution is 2.39. The van der Waals surface area contributed by atoms with Crippen molar-refractivity contribution in [1.29, 1.82) is 0 Å². The first kappa shape index (κ1) is 27.9. The number of furan rings is 1. The molecule has 0 aliphatic carbocycles. The molecule has 3 nitrogen and oxygen atoms in total. The maximum absolute atomic E-state index is 8.57. The number of nitrogens with zero attached hydrogens (tertiary/aromatic N) is 2. The van der Waals surface area contributed by atoms with Crippen molar-refractivity contribution in [3.8, 4) is 39.1 Å². The van der Waals surface area contributed by atoms with Gasteiger partial charge >= 0.3 is 0 Å². The molecule has 11 aromatic rings. The molecule has 2 heterocycles. The molecule has 57 heavy (non-hydrogen) atoms. The highest BCUT2D eigenvalue weighted by molar-refractivity contribution is 6.09. The fraction of sp³-hybridized carbons (Fsp3) is 0. The van der Waals surface area contributed by atoms with Gasteiger partial charge in [0, 0.05) is 44.3 Å². The van der Waals surface area contributed by atoms with Crippen LogP contribution in [0.3, 0.4) is 0 Å². The third-order valence-corrected chi connectivity index (χ3v) is 10.9. The Kier molecular flexibility index (Phi) is 6.65. The fourth-order valence-electron chi connectivity index (χ4n) is 8.16. The van der Waals surface area contributed by atoms with Crippen molar-refractivity contribution in [1.82, 2.24) is 4.57 Å². The number of hydrogen-bond donors (Lipinski definition) is 0. The molecule has 0 aliphatic heterocycles. The SMILES string of the molecule is [2H]c1c([2H])c([2H])c(-c2ccc(N(c3ccc(-c4cccc(-n5c6ccccc6c6ccccc65)c4)cc3)c3ccc(-c4ccc5c(c4)oc4ccccc45)cc3)cc2)c([2H])c1[2H]. The molecular weight excluding hydrogens is 693 g/mol. The molecule has 0 amide bonds. The Balaban J connectivity index is 0.975. The van der Waals surface area contributed by atoms with Gasteiger partial charge < -0.3 is 13.9 Å². The van der Waals surface area contributed by atoms with Crippen molar-refractivity contribution in [2.24, 2.45) is 0 Å². The minimum atomic E-state index is -0.408. The quantitative estimate of drug-likeness (QED) is 0.163. The summed E-state index contributed by atoms with van der Waals surface area (Å²) in [4.78, 5) is 2.16. The highest BCUT2D eigenvalue weighted by atomic mass is 16.3. The molecule has 3 heteroatoms. The van der Waals surface area contributed by atoms with Gasteiger partial charge in [0.1, 0.15) is 11.2 Å². The second kappa shape index (κ2) is 13.6. The van der Waals surface area contributed by atoms with Crippen molar-refractivity contribution in [3.63, 3.8) is 0 Å². The van der Waals surface area contributed by atoms with E-state index in [0.29, 0.717) is 5.56 Å². The first-order valence-corrected chi connectivity index (χ1v) is 19.0. The normalized spacial score (nSPS) is 12.7. The summed E-state index contributed by atoms with van der Waals surface area (Å²) in [5, 5.41) is 4.62. The largest absolute Gasteiger partial charge is 0.456 e. The Morgan fingerprint density at radius 2 is 0.860 bits per heavy atom. The Labute approximate surface area is 337 Å². The number of rotatable bonds is 7. The summed E-state index contributed by atoms with van der Waals surface area (Å²) in [7, 11) is 0.